The molecule has 4 rings (SSSR count). The fourth-order valence-electron chi connectivity index (χ4n) is 4.57. The Bertz CT molecular complexity index is 1500. The molecule has 1 fully saturated rings. The van der Waals surface area contributed by atoms with Crippen molar-refractivity contribution in [1.82, 2.24) is 14.7 Å². The van der Waals surface area contributed by atoms with Crippen molar-refractivity contribution in [3.63, 3.8) is 0 Å². The summed E-state index contributed by atoms with van der Waals surface area (Å²) in [6.07, 6.45) is 2.22. The smallest absolute Gasteiger partial charge is 0.269 e. The van der Waals surface area contributed by atoms with E-state index in [2.05, 4.69) is 30.5 Å². The van der Waals surface area contributed by atoms with E-state index in [9.17, 15) is 18.0 Å². The van der Waals surface area contributed by atoms with Crippen LogP contribution in [0.4, 0.5) is 5.82 Å². The number of rotatable bonds is 7. The number of hydrogen-bond acceptors (Lipinski definition) is 7. The minimum absolute atomic E-state index is 0.104. The van der Waals surface area contributed by atoms with Gasteiger partial charge in [0.05, 0.1) is 17.9 Å². The first-order chi connectivity index (χ1) is 17.5. The van der Waals surface area contributed by atoms with Gasteiger partial charge in [0.1, 0.15) is 11.6 Å². The van der Waals surface area contributed by atoms with Crippen molar-refractivity contribution >= 4 is 21.7 Å². The number of aryl methyl sites for hydroxylation is 1. The molecule has 10 heteroatoms. The Kier molecular flexibility index (Phi) is 7.14. The topological polar surface area (TPSA) is 121 Å². The number of pyridine rings is 2. The first-order valence-corrected chi connectivity index (χ1v) is 13.7. The van der Waals surface area contributed by atoms with E-state index in [-0.39, 0.29) is 11.1 Å². The van der Waals surface area contributed by atoms with Gasteiger partial charge in [0, 0.05) is 23.8 Å². The molecular weight excluding hydrogens is 492 g/mol. The number of aromatic nitrogens is 2. The van der Waals surface area contributed by atoms with E-state index < -0.39 is 26.4 Å². The van der Waals surface area contributed by atoms with Crippen molar-refractivity contribution in [3.05, 3.63) is 70.1 Å². The Balaban J connectivity index is 1.83. The molecule has 2 aromatic heterocycles. The summed E-state index contributed by atoms with van der Waals surface area (Å²) >= 11 is 0. The minimum Gasteiger partial charge on any atom is -0.493 e. The molecule has 1 aromatic carbocycles. The van der Waals surface area contributed by atoms with Gasteiger partial charge < -0.3 is 14.6 Å². The molecule has 1 amide bonds. The van der Waals surface area contributed by atoms with Crippen LogP contribution in [-0.2, 0) is 10.0 Å². The number of carbonyl (C=O) groups excluding carboxylic acids is 1. The van der Waals surface area contributed by atoms with Crippen molar-refractivity contribution in [2.24, 2.45) is 5.92 Å². The summed E-state index contributed by atoms with van der Waals surface area (Å²) in [5, 5.41) is 0. The van der Waals surface area contributed by atoms with E-state index in [0.29, 0.717) is 36.3 Å². The number of nitrogens with zero attached hydrogens (tertiary/aromatic N) is 2. The normalized spacial score (nSPS) is 17.0. The summed E-state index contributed by atoms with van der Waals surface area (Å²) in [6.45, 7) is 11.3. The Hall–Kier alpha value is -3.66. The third-order valence-electron chi connectivity index (χ3n) is 7.07. The number of ether oxygens (including phenoxy) is 1. The Morgan fingerprint density at radius 3 is 2.65 bits per heavy atom. The number of anilines is 1. The molecule has 1 unspecified atom stereocenters. The monoisotopic (exact) mass is 524 g/mol. The highest BCUT2D eigenvalue weighted by molar-refractivity contribution is 7.90. The molecule has 0 saturated carbocycles. The van der Waals surface area contributed by atoms with Crippen LogP contribution in [0, 0.1) is 12.8 Å². The highest BCUT2D eigenvalue weighted by atomic mass is 32.2. The van der Waals surface area contributed by atoms with Gasteiger partial charge in [-0.05, 0) is 76.4 Å². The summed E-state index contributed by atoms with van der Waals surface area (Å²) < 4.78 is 33.7. The van der Waals surface area contributed by atoms with Gasteiger partial charge in [-0.3, -0.25) is 9.59 Å². The van der Waals surface area contributed by atoms with Crippen molar-refractivity contribution in [1.29, 1.82) is 0 Å². The molecule has 0 aliphatic carbocycles. The first-order valence-electron chi connectivity index (χ1n) is 12.2. The lowest BCUT2D eigenvalue weighted by atomic mass is 9.90. The van der Waals surface area contributed by atoms with Crippen LogP contribution in [0.3, 0.4) is 0 Å². The van der Waals surface area contributed by atoms with Gasteiger partial charge in [0.25, 0.3) is 21.5 Å². The van der Waals surface area contributed by atoms with E-state index in [1.807, 2.05) is 36.9 Å². The van der Waals surface area contributed by atoms with Gasteiger partial charge in [-0.25, -0.2) is 18.1 Å². The van der Waals surface area contributed by atoms with Crippen LogP contribution in [0.1, 0.15) is 50.0 Å². The van der Waals surface area contributed by atoms with Crippen LogP contribution in [-0.4, -0.2) is 43.0 Å². The Morgan fingerprint density at radius 1 is 1.24 bits per heavy atom. The SMILES string of the molecule is CCOc1ccc(C)cc1-c1ccc(C(=O)NS(=O)(=O)c2ccc[nH]c2=O)c(N2CCC(C)C2(C)C)n1. The maximum Gasteiger partial charge on any atom is 0.269 e. The zero-order valence-corrected chi connectivity index (χ0v) is 22.5. The van der Waals surface area contributed by atoms with Gasteiger partial charge in [-0.1, -0.05) is 18.6 Å². The molecule has 0 radical (unpaired) electrons. The molecule has 2 N–H and O–H groups in total. The molecule has 196 valence electrons. The van der Waals surface area contributed by atoms with Crippen LogP contribution in [0.2, 0.25) is 0 Å². The number of amides is 1. The summed E-state index contributed by atoms with van der Waals surface area (Å²) in [6, 6.07) is 11.6. The second-order valence-corrected chi connectivity index (χ2v) is 11.4. The lowest BCUT2D eigenvalue weighted by Gasteiger charge is -2.36. The summed E-state index contributed by atoms with van der Waals surface area (Å²) in [4.78, 5) is 34.2. The number of benzene rings is 1. The van der Waals surface area contributed by atoms with E-state index in [1.54, 1.807) is 12.1 Å². The van der Waals surface area contributed by atoms with E-state index in [4.69, 9.17) is 9.72 Å². The number of hydrogen-bond donors (Lipinski definition) is 2. The Morgan fingerprint density at radius 2 is 2.00 bits per heavy atom. The molecule has 3 aromatic rings. The number of aromatic amines is 1. The van der Waals surface area contributed by atoms with E-state index in [1.165, 1.54) is 12.3 Å². The molecule has 0 bridgehead atoms. The number of carbonyl (C=O) groups is 1. The van der Waals surface area contributed by atoms with Crippen molar-refractivity contribution in [3.8, 4) is 17.0 Å². The standard InChI is InChI=1S/C27H32N4O5S/c1-6-36-22-12-9-17(2)16-20(22)21-11-10-19(24(29-21)31-15-13-18(3)27(31,4)5)25(32)30-37(34,35)23-8-7-14-28-26(23)33/h7-12,14,16,18H,6,13,15H2,1-5H3,(H,28,33)(H,30,32). The minimum atomic E-state index is -4.41. The molecule has 1 aliphatic rings. The first kappa shape index (κ1) is 26.4. The molecule has 1 atom stereocenters. The number of H-pyrrole nitrogens is 1. The summed E-state index contributed by atoms with van der Waals surface area (Å²) in [5.74, 6) is 0.509. The van der Waals surface area contributed by atoms with Crippen molar-refractivity contribution in [2.75, 3.05) is 18.1 Å². The van der Waals surface area contributed by atoms with E-state index in [0.717, 1.165) is 23.6 Å². The molecular formula is C27H32N4O5S. The third-order valence-corrected chi connectivity index (χ3v) is 8.43. The molecule has 3 heterocycles. The van der Waals surface area contributed by atoms with Crippen LogP contribution in [0.25, 0.3) is 11.3 Å². The summed E-state index contributed by atoms with van der Waals surface area (Å²) in [5.41, 5.74) is 1.38. The number of sulfonamides is 1. The second-order valence-electron chi connectivity index (χ2n) is 9.79. The van der Waals surface area contributed by atoms with Gasteiger partial charge in [-0.2, -0.15) is 0 Å². The molecule has 1 saturated heterocycles. The third kappa shape index (κ3) is 5.11. The van der Waals surface area contributed by atoms with Crippen LogP contribution in [0.5, 0.6) is 5.75 Å². The van der Waals surface area contributed by atoms with Gasteiger partial charge in [0.15, 0.2) is 4.90 Å². The second kappa shape index (κ2) is 10.0. The van der Waals surface area contributed by atoms with Gasteiger partial charge in [0.2, 0.25) is 0 Å². The predicted octanol–water partition coefficient (Wildman–Crippen LogP) is 3.89. The maximum atomic E-state index is 13.4. The molecule has 37 heavy (non-hydrogen) atoms. The van der Waals surface area contributed by atoms with Gasteiger partial charge >= 0.3 is 0 Å². The highest BCUT2D eigenvalue weighted by Crippen LogP contribution is 2.40. The molecule has 0 spiro atoms. The molecule has 1 aliphatic heterocycles. The summed E-state index contributed by atoms with van der Waals surface area (Å²) in [7, 11) is -4.41. The average molecular weight is 525 g/mol. The zero-order valence-electron chi connectivity index (χ0n) is 21.7. The average Bonchev–Trinajstić information content (AvgIpc) is 3.11. The number of nitrogens with one attached hydrogen (secondary N) is 2. The van der Waals surface area contributed by atoms with Crippen LogP contribution < -0.4 is 19.9 Å². The van der Waals surface area contributed by atoms with E-state index >= 15 is 0 Å². The van der Waals surface area contributed by atoms with Crippen molar-refractivity contribution in [2.45, 2.75) is 51.5 Å². The lowest BCUT2D eigenvalue weighted by Crippen LogP contribution is -2.44. The fraction of sp³-hybridized carbons (Fsp3) is 0.370. The highest BCUT2D eigenvalue weighted by Gasteiger charge is 2.41. The lowest BCUT2D eigenvalue weighted by molar-refractivity contribution is 0.0981. The Labute approximate surface area is 217 Å². The quantitative estimate of drug-likeness (QED) is 0.481. The van der Waals surface area contributed by atoms with Crippen LogP contribution >= 0.6 is 0 Å². The van der Waals surface area contributed by atoms with Crippen LogP contribution in [0.15, 0.2) is 58.4 Å². The fourth-order valence-corrected chi connectivity index (χ4v) is 5.59. The molecule has 9 nitrogen and oxygen atoms in total. The predicted molar refractivity (Wildman–Crippen MR) is 142 cm³/mol. The maximum absolute atomic E-state index is 13.4. The van der Waals surface area contributed by atoms with Gasteiger partial charge in [-0.15, -0.1) is 0 Å². The van der Waals surface area contributed by atoms with Crippen molar-refractivity contribution < 1.29 is 17.9 Å². The zero-order chi connectivity index (χ0) is 27.0. The largest absolute Gasteiger partial charge is 0.493 e.